The molecule has 0 saturated carbocycles. The van der Waals surface area contributed by atoms with Crippen molar-refractivity contribution in [2.75, 3.05) is 12.9 Å². The summed E-state index contributed by atoms with van der Waals surface area (Å²) in [7, 11) is -3.27. The minimum atomic E-state index is -3.27. The van der Waals surface area contributed by atoms with Gasteiger partial charge in [0.2, 0.25) is 0 Å². The fourth-order valence-electron chi connectivity index (χ4n) is 1.02. The molecule has 1 aromatic carbocycles. The quantitative estimate of drug-likeness (QED) is 0.424. The first-order valence-corrected chi connectivity index (χ1v) is 6.62. The summed E-state index contributed by atoms with van der Waals surface area (Å²) in [6.45, 7) is -0.514. The molecule has 98 valence electrons. The summed E-state index contributed by atoms with van der Waals surface area (Å²) in [5, 5.41) is 8.63. The summed E-state index contributed by atoms with van der Waals surface area (Å²) in [6.07, 6.45) is 1.08. The van der Waals surface area contributed by atoms with Gasteiger partial charge in [-0.1, -0.05) is 0 Å². The number of benzene rings is 1. The van der Waals surface area contributed by atoms with Crippen molar-refractivity contribution in [2.45, 2.75) is 10.9 Å². The van der Waals surface area contributed by atoms with E-state index >= 15 is 0 Å². The van der Waals surface area contributed by atoms with Crippen LogP contribution < -0.4 is 10.5 Å². The van der Waals surface area contributed by atoms with Gasteiger partial charge in [-0.15, -0.1) is 0 Å². The molecule has 18 heavy (non-hydrogen) atoms. The van der Waals surface area contributed by atoms with Crippen molar-refractivity contribution >= 4 is 38.9 Å². The third kappa shape index (κ3) is 4.90. The molecule has 0 saturated heterocycles. The number of carbonyl (C=O) groups is 1. The standard InChI is InChI=1S/C10H13NO5S.Mg.2H/c1-17(14,15)8-4-2-7(3-5-8)16-10(13)9(11)6-12;;;/h2-5,9,12H,6,11H2,1H3;;;/q;+2;2*-1/t9-;;;/m0.../s1. The van der Waals surface area contributed by atoms with Crippen LogP contribution in [0, 0.1) is 0 Å². The topological polar surface area (TPSA) is 107 Å². The summed E-state index contributed by atoms with van der Waals surface area (Å²) in [6, 6.07) is 4.23. The first-order valence-electron chi connectivity index (χ1n) is 4.73. The third-order valence-electron chi connectivity index (χ3n) is 1.97. The molecule has 1 rings (SSSR count). The van der Waals surface area contributed by atoms with Gasteiger partial charge in [0.25, 0.3) is 0 Å². The molecule has 0 aromatic heterocycles. The van der Waals surface area contributed by atoms with E-state index in [1.54, 1.807) is 0 Å². The molecule has 1 atom stereocenters. The third-order valence-corrected chi connectivity index (χ3v) is 3.10. The Morgan fingerprint density at radius 3 is 2.33 bits per heavy atom. The average Bonchev–Trinajstić information content (AvgIpc) is 2.27. The van der Waals surface area contributed by atoms with Crippen LogP contribution in [0.4, 0.5) is 0 Å². The molecule has 0 spiro atoms. The molecule has 0 aliphatic heterocycles. The second-order valence-electron chi connectivity index (χ2n) is 3.45. The van der Waals surface area contributed by atoms with Gasteiger partial charge in [0, 0.05) is 6.26 Å². The second kappa shape index (κ2) is 7.05. The van der Waals surface area contributed by atoms with Gasteiger partial charge in [-0.25, -0.2) is 13.2 Å². The number of nitrogens with two attached hydrogens (primary N) is 1. The van der Waals surface area contributed by atoms with E-state index in [0.29, 0.717) is 0 Å². The molecule has 0 bridgehead atoms. The van der Waals surface area contributed by atoms with Crippen molar-refractivity contribution in [2.24, 2.45) is 5.73 Å². The van der Waals surface area contributed by atoms with E-state index in [1.165, 1.54) is 24.3 Å². The Bertz CT molecular complexity index is 509. The number of aliphatic hydroxyl groups excluding tert-OH is 1. The molecule has 0 aliphatic carbocycles. The van der Waals surface area contributed by atoms with Crippen molar-refractivity contribution in [3.8, 4) is 5.75 Å². The zero-order chi connectivity index (χ0) is 13.1. The van der Waals surface area contributed by atoms with Crippen LogP contribution in [-0.4, -0.2) is 61.5 Å². The second-order valence-corrected chi connectivity index (χ2v) is 5.47. The molecule has 0 aliphatic rings. The summed E-state index contributed by atoms with van der Waals surface area (Å²) in [5.74, 6) is -0.606. The number of sulfone groups is 1. The first-order chi connectivity index (χ1) is 7.84. The van der Waals surface area contributed by atoms with Crippen molar-refractivity contribution in [1.29, 1.82) is 0 Å². The van der Waals surface area contributed by atoms with Crippen LogP contribution in [-0.2, 0) is 14.6 Å². The summed E-state index contributed by atoms with van der Waals surface area (Å²) in [5.41, 5.74) is 5.24. The van der Waals surface area contributed by atoms with Crippen LogP contribution >= 0.6 is 0 Å². The molecule has 0 fully saturated rings. The van der Waals surface area contributed by atoms with Gasteiger partial charge in [-0.05, 0) is 24.3 Å². The van der Waals surface area contributed by atoms with E-state index in [0.717, 1.165) is 6.26 Å². The normalized spacial score (nSPS) is 12.4. The van der Waals surface area contributed by atoms with Gasteiger partial charge in [0.05, 0.1) is 11.5 Å². The van der Waals surface area contributed by atoms with E-state index in [9.17, 15) is 13.2 Å². The maximum atomic E-state index is 11.2. The Morgan fingerprint density at radius 1 is 1.44 bits per heavy atom. The van der Waals surface area contributed by atoms with Crippen molar-refractivity contribution in [3.05, 3.63) is 24.3 Å². The molecular weight excluding hydrogens is 270 g/mol. The van der Waals surface area contributed by atoms with E-state index in [4.69, 9.17) is 15.6 Å². The van der Waals surface area contributed by atoms with Crippen molar-refractivity contribution in [1.82, 2.24) is 0 Å². The minimum Gasteiger partial charge on any atom is -1.00 e. The van der Waals surface area contributed by atoms with Crippen LogP contribution in [0.2, 0.25) is 0 Å². The maximum absolute atomic E-state index is 11.2. The Kier molecular flexibility index (Phi) is 6.78. The van der Waals surface area contributed by atoms with Crippen LogP contribution in [0.15, 0.2) is 29.2 Å². The number of esters is 1. The smallest absolute Gasteiger partial charge is 1.00 e. The number of carbonyl (C=O) groups excluding carboxylic acids is 1. The van der Waals surface area contributed by atoms with Crippen LogP contribution in [0.3, 0.4) is 0 Å². The average molecular weight is 286 g/mol. The predicted molar refractivity (Wildman–Crippen MR) is 68.2 cm³/mol. The molecule has 0 unspecified atom stereocenters. The predicted octanol–water partition coefficient (Wildman–Crippen LogP) is -0.841. The molecule has 3 N–H and O–H groups in total. The van der Waals surface area contributed by atoms with Gasteiger partial charge in [0.15, 0.2) is 9.84 Å². The van der Waals surface area contributed by atoms with Gasteiger partial charge in [0.1, 0.15) is 11.8 Å². The first kappa shape index (κ1) is 17.3. The molecule has 8 heteroatoms. The van der Waals surface area contributed by atoms with Crippen LogP contribution in [0.5, 0.6) is 5.75 Å². The van der Waals surface area contributed by atoms with Crippen molar-refractivity contribution in [3.63, 3.8) is 0 Å². The van der Waals surface area contributed by atoms with E-state index in [2.05, 4.69) is 0 Å². The van der Waals surface area contributed by atoms with E-state index in [1.807, 2.05) is 0 Å². The monoisotopic (exact) mass is 285 g/mol. The number of ether oxygens (including phenoxy) is 1. The number of hydrogen-bond donors (Lipinski definition) is 2. The number of hydrogen-bond acceptors (Lipinski definition) is 6. The molecule has 0 radical (unpaired) electrons. The van der Waals surface area contributed by atoms with Gasteiger partial charge in [-0.2, -0.15) is 0 Å². The van der Waals surface area contributed by atoms with Gasteiger partial charge >= 0.3 is 29.0 Å². The Balaban J connectivity index is -0.000000963. The SMILES string of the molecule is CS(=O)(=O)c1ccc(OC(=O)[C@@H](N)CO)cc1.[H-].[H-].[Mg+2]. The van der Waals surface area contributed by atoms with E-state index < -0.39 is 28.5 Å². The number of aliphatic hydroxyl groups is 1. The number of rotatable bonds is 4. The van der Waals surface area contributed by atoms with E-state index in [-0.39, 0.29) is 36.6 Å². The van der Waals surface area contributed by atoms with Gasteiger partial charge in [-0.3, -0.25) is 0 Å². The Hall–Kier alpha value is -0.674. The molecule has 1 aromatic rings. The molecule has 0 heterocycles. The maximum Gasteiger partial charge on any atom is 2.00 e. The Labute approximate surface area is 124 Å². The van der Waals surface area contributed by atoms with Crippen LogP contribution in [0.1, 0.15) is 2.85 Å². The molecule has 0 amide bonds. The molecule has 6 nitrogen and oxygen atoms in total. The van der Waals surface area contributed by atoms with Crippen molar-refractivity contribution < 1.29 is 25.9 Å². The molecular formula is C10H15MgNO5S. The zero-order valence-corrected chi connectivity index (χ0v) is 12.1. The fourth-order valence-corrected chi connectivity index (χ4v) is 1.65. The van der Waals surface area contributed by atoms with Crippen LogP contribution in [0.25, 0.3) is 0 Å². The largest absolute Gasteiger partial charge is 2.00 e. The minimum absolute atomic E-state index is 0. The summed E-state index contributed by atoms with van der Waals surface area (Å²) < 4.78 is 27.1. The van der Waals surface area contributed by atoms with Gasteiger partial charge < -0.3 is 18.4 Å². The summed E-state index contributed by atoms with van der Waals surface area (Å²) in [4.78, 5) is 11.3. The fraction of sp³-hybridized carbons (Fsp3) is 0.300. The Morgan fingerprint density at radius 2 is 1.94 bits per heavy atom. The zero-order valence-electron chi connectivity index (χ0n) is 11.9. The summed E-state index contributed by atoms with van der Waals surface area (Å²) >= 11 is 0.